The fourth-order valence-corrected chi connectivity index (χ4v) is 2.35. The number of anilines is 3. The molecule has 0 amide bonds. The quantitative estimate of drug-likeness (QED) is 0.575. The zero-order chi connectivity index (χ0) is 14.5. The van der Waals surface area contributed by atoms with Crippen LogP contribution in [-0.2, 0) is 6.42 Å². The Hall–Kier alpha value is -1.66. The molecular formula is C14H18BrN5. The maximum absolute atomic E-state index is 5.52. The van der Waals surface area contributed by atoms with Gasteiger partial charge in [0.15, 0.2) is 0 Å². The van der Waals surface area contributed by atoms with Crippen molar-refractivity contribution in [2.24, 2.45) is 5.84 Å². The Morgan fingerprint density at radius 1 is 1.25 bits per heavy atom. The predicted molar refractivity (Wildman–Crippen MR) is 86.0 cm³/mol. The Morgan fingerprint density at radius 2 is 2.00 bits per heavy atom. The van der Waals surface area contributed by atoms with E-state index < -0.39 is 0 Å². The maximum atomic E-state index is 5.52. The molecule has 0 spiro atoms. The zero-order valence-electron chi connectivity index (χ0n) is 11.6. The minimum absolute atomic E-state index is 0.664. The molecule has 1 heterocycles. The fourth-order valence-electron chi connectivity index (χ4n) is 1.99. The van der Waals surface area contributed by atoms with Gasteiger partial charge in [0.25, 0.3) is 0 Å². The lowest BCUT2D eigenvalue weighted by Crippen LogP contribution is -2.13. The van der Waals surface area contributed by atoms with Crippen molar-refractivity contribution >= 4 is 33.3 Å². The Balaban J connectivity index is 2.39. The van der Waals surface area contributed by atoms with Gasteiger partial charge in [-0.3, -0.25) is 0 Å². The van der Waals surface area contributed by atoms with Crippen molar-refractivity contribution in [3.8, 4) is 0 Å². The molecule has 0 aliphatic heterocycles. The molecule has 0 saturated heterocycles. The molecule has 20 heavy (non-hydrogen) atoms. The van der Waals surface area contributed by atoms with Crippen LogP contribution in [0.25, 0.3) is 0 Å². The zero-order valence-corrected chi connectivity index (χ0v) is 13.2. The van der Waals surface area contributed by atoms with E-state index in [0.717, 1.165) is 39.9 Å². The number of nitrogens with zero attached hydrogens (tertiary/aromatic N) is 2. The average Bonchev–Trinajstić information content (AvgIpc) is 2.45. The molecule has 0 radical (unpaired) electrons. The first-order chi connectivity index (χ1) is 9.65. The number of hydrogen-bond acceptors (Lipinski definition) is 5. The van der Waals surface area contributed by atoms with Crippen LogP contribution < -0.4 is 16.6 Å². The molecule has 0 fully saturated rings. The molecule has 1 aromatic heterocycles. The van der Waals surface area contributed by atoms with E-state index in [1.54, 1.807) is 0 Å². The van der Waals surface area contributed by atoms with Crippen molar-refractivity contribution < 1.29 is 0 Å². The third-order valence-electron chi connectivity index (χ3n) is 3.03. The van der Waals surface area contributed by atoms with Gasteiger partial charge in [0, 0.05) is 15.7 Å². The summed E-state index contributed by atoms with van der Waals surface area (Å²) >= 11 is 3.48. The van der Waals surface area contributed by atoms with Crippen LogP contribution in [0.1, 0.15) is 24.5 Å². The highest BCUT2D eigenvalue weighted by Gasteiger charge is 2.11. The van der Waals surface area contributed by atoms with Gasteiger partial charge in [-0.2, -0.15) is 0 Å². The van der Waals surface area contributed by atoms with E-state index in [2.05, 4.69) is 56.6 Å². The van der Waals surface area contributed by atoms with E-state index in [-0.39, 0.29) is 0 Å². The molecule has 0 saturated carbocycles. The highest BCUT2D eigenvalue weighted by Crippen LogP contribution is 2.27. The van der Waals surface area contributed by atoms with Crippen LogP contribution in [0.15, 0.2) is 29.0 Å². The van der Waals surface area contributed by atoms with Crippen LogP contribution in [0.5, 0.6) is 0 Å². The minimum atomic E-state index is 0.664. The normalized spacial score (nSPS) is 10.4. The van der Waals surface area contributed by atoms with Crippen LogP contribution >= 0.6 is 15.9 Å². The van der Waals surface area contributed by atoms with Gasteiger partial charge in [-0.25, -0.2) is 15.8 Å². The molecular weight excluding hydrogens is 318 g/mol. The standard InChI is InChI=1S/C14H18BrN5/c1-3-4-11-13(17-8-18-14(11)20-16)19-12-7-10(15)6-5-9(12)2/h5-8H,3-4,16H2,1-2H3,(H2,17,18,19,20). The highest BCUT2D eigenvalue weighted by molar-refractivity contribution is 9.10. The Bertz CT molecular complexity index is 600. The fraction of sp³-hybridized carbons (Fsp3) is 0.286. The molecule has 106 valence electrons. The SMILES string of the molecule is CCCc1c(NN)ncnc1Nc1cc(Br)ccc1C. The summed E-state index contributed by atoms with van der Waals surface area (Å²) in [6, 6.07) is 6.10. The number of nitrogens with two attached hydrogens (primary N) is 1. The predicted octanol–water partition coefficient (Wildman–Crippen LogP) is 3.53. The second-order valence-electron chi connectivity index (χ2n) is 4.53. The Labute approximate surface area is 127 Å². The lowest BCUT2D eigenvalue weighted by molar-refractivity contribution is 0.903. The first-order valence-corrected chi connectivity index (χ1v) is 7.28. The molecule has 5 nitrogen and oxygen atoms in total. The van der Waals surface area contributed by atoms with E-state index in [4.69, 9.17) is 5.84 Å². The molecule has 0 bridgehead atoms. The summed E-state index contributed by atoms with van der Waals surface area (Å²) in [5.74, 6) is 6.97. The average molecular weight is 336 g/mol. The Morgan fingerprint density at radius 3 is 2.70 bits per heavy atom. The number of hydrogen-bond donors (Lipinski definition) is 3. The maximum Gasteiger partial charge on any atom is 0.148 e. The van der Waals surface area contributed by atoms with Gasteiger partial charge in [0.1, 0.15) is 18.0 Å². The lowest BCUT2D eigenvalue weighted by Gasteiger charge is -2.15. The molecule has 0 aliphatic rings. The van der Waals surface area contributed by atoms with Crippen LogP contribution in [0.3, 0.4) is 0 Å². The molecule has 0 atom stereocenters. The van der Waals surface area contributed by atoms with Crippen LogP contribution in [-0.4, -0.2) is 9.97 Å². The van der Waals surface area contributed by atoms with E-state index in [0.29, 0.717) is 5.82 Å². The van der Waals surface area contributed by atoms with Gasteiger partial charge < -0.3 is 10.7 Å². The number of benzene rings is 1. The molecule has 0 aliphatic carbocycles. The third kappa shape index (κ3) is 3.26. The van der Waals surface area contributed by atoms with Crippen molar-refractivity contribution in [1.82, 2.24) is 9.97 Å². The molecule has 1 aromatic carbocycles. The second-order valence-corrected chi connectivity index (χ2v) is 5.44. The minimum Gasteiger partial charge on any atom is -0.340 e. The van der Waals surface area contributed by atoms with Crippen LogP contribution in [0, 0.1) is 6.92 Å². The summed E-state index contributed by atoms with van der Waals surface area (Å²) in [5, 5.41) is 3.36. The summed E-state index contributed by atoms with van der Waals surface area (Å²) in [4.78, 5) is 8.50. The Kier molecular flexibility index (Phi) is 4.92. The summed E-state index contributed by atoms with van der Waals surface area (Å²) < 4.78 is 1.02. The first kappa shape index (κ1) is 14.7. The summed E-state index contributed by atoms with van der Waals surface area (Å²) in [6.45, 7) is 4.17. The van der Waals surface area contributed by atoms with E-state index in [9.17, 15) is 0 Å². The number of rotatable bonds is 5. The topological polar surface area (TPSA) is 75.9 Å². The van der Waals surface area contributed by atoms with Crippen molar-refractivity contribution in [3.05, 3.63) is 40.1 Å². The van der Waals surface area contributed by atoms with Gasteiger partial charge in [-0.15, -0.1) is 0 Å². The molecule has 0 unspecified atom stereocenters. The van der Waals surface area contributed by atoms with E-state index >= 15 is 0 Å². The van der Waals surface area contributed by atoms with Gasteiger partial charge in [0.2, 0.25) is 0 Å². The van der Waals surface area contributed by atoms with Gasteiger partial charge in [-0.1, -0.05) is 35.3 Å². The van der Waals surface area contributed by atoms with Crippen LogP contribution in [0.4, 0.5) is 17.3 Å². The smallest absolute Gasteiger partial charge is 0.148 e. The van der Waals surface area contributed by atoms with Crippen LogP contribution in [0.2, 0.25) is 0 Å². The van der Waals surface area contributed by atoms with Gasteiger partial charge >= 0.3 is 0 Å². The molecule has 4 N–H and O–H groups in total. The molecule has 6 heteroatoms. The molecule has 2 rings (SSSR count). The van der Waals surface area contributed by atoms with E-state index in [1.807, 2.05) is 12.1 Å². The van der Waals surface area contributed by atoms with Gasteiger partial charge in [-0.05, 0) is 31.0 Å². The number of aromatic nitrogens is 2. The van der Waals surface area contributed by atoms with E-state index in [1.165, 1.54) is 6.33 Å². The first-order valence-electron chi connectivity index (χ1n) is 6.49. The van der Waals surface area contributed by atoms with Crippen molar-refractivity contribution in [3.63, 3.8) is 0 Å². The van der Waals surface area contributed by atoms with Crippen molar-refractivity contribution in [2.45, 2.75) is 26.7 Å². The summed E-state index contributed by atoms with van der Waals surface area (Å²) in [7, 11) is 0. The van der Waals surface area contributed by atoms with Crippen molar-refractivity contribution in [1.29, 1.82) is 0 Å². The molecule has 2 aromatic rings. The number of nitrogens with one attached hydrogen (secondary N) is 2. The summed E-state index contributed by atoms with van der Waals surface area (Å²) in [6.07, 6.45) is 3.36. The van der Waals surface area contributed by atoms with Gasteiger partial charge in [0.05, 0.1) is 0 Å². The monoisotopic (exact) mass is 335 g/mol. The summed E-state index contributed by atoms with van der Waals surface area (Å²) in [5.41, 5.74) is 5.79. The number of hydrazine groups is 1. The number of aryl methyl sites for hydroxylation is 1. The van der Waals surface area contributed by atoms with Crippen molar-refractivity contribution in [2.75, 3.05) is 10.7 Å². The number of nitrogen functional groups attached to an aromatic ring is 1. The largest absolute Gasteiger partial charge is 0.340 e. The second kappa shape index (κ2) is 6.67. The number of halogens is 1. The third-order valence-corrected chi connectivity index (χ3v) is 3.53. The lowest BCUT2D eigenvalue weighted by atomic mass is 10.1. The highest BCUT2D eigenvalue weighted by atomic mass is 79.9.